The number of likely N-dealkylation sites (tertiary alicyclic amines) is 1. The Morgan fingerprint density at radius 2 is 1.29 bits per heavy atom. The van der Waals surface area contributed by atoms with Crippen molar-refractivity contribution in [2.24, 2.45) is 10.8 Å². The van der Waals surface area contributed by atoms with Crippen LogP contribution in [0.1, 0.15) is 83.8 Å². The minimum absolute atomic E-state index is 0.125. The fourth-order valence-corrected chi connectivity index (χ4v) is 8.74. The van der Waals surface area contributed by atoms with Crippen LogP contribution < -0.4 is 10.6 Å². The minimum atomic E-state index is -0.743. The molecule has 1 fully saturated rings. The summed E-state index contributed by atoms with van der Waals surface area (Å²) >= 11 is 3.14. The fourth-order valence-electron chi connectivity index (χ4n) is 6.73. The molecule has 0 saturated carbocycles. The van der Waals surface area contributed by atoms with Crippen molar-refractivity contribution in [3.05, 3.63) is 70.9 Å². The van der Waals surface area contributed by atoms with Crippen molar-refractivity contribution in [2.75, 3.05) is 27.3 Å². The molecule has 1 aliphatic rings. The molecule has 3 atom stereocenters. The van der Waals surface area contributed by atoms with Crippen molar-refractivity contribution in [3.63, 3.8) is 0 Å². The van der Waals surface area contributed by atoms with Crippen molar-refractivity contribution in [2.45, 2.75) is 92.4 Å². The molecule has 5 rings (SSSR count). The number of alkyl carbamates (subject to hydrolysis) is 2. The molecule has 2 aromatic carbocycles. The second-order valence-electron chi connectivity index (χ2n) is 16.2. The van der Waals surface area contributed by atoms with E-state index in [9.17, 15) is 19.2 Å². The van der Waals surface area contributed by atoms with Gasteiger partial charge in [0.05, 0.1) is 36.6 Å². The molecule has 2 aromatic heterocycles. The number of rotatable bonds is 12. The summed E-state index contributed by atoms with van der Waals surface area (Å²) in [6.45, 7) is 15.1. The molecule has 0 bridgehead atoms. The topological polar surface area (TPSA) is 143 Å². The van der Waals surface area contributed by atoms with E-state index in [1.165, 1.54) is 14.2 Å². The SMILES string of the molecule is CCCN(Cc1ncc(-c2ccc(-c3ccc(-c4cnc(C5CCCN5C(=O)C(NC(=O)OC)C(C)(C)C)s4)cc3)cc2)s1)C(=O)C(NC(=O)OC)C(C)(C)C. The first-order valence-corrected chi connectivity index (χ1v) is 20.6. The van der Waals surface area contributed by atoms with Crippen LogP contribution in [0.5, 0.6) is 0 Å². The van der Waals surface area contributed by atoms with E-state index in [-0.39, 0.29) is 17.9 Å². The van der Waals surface area contributed by atoms with Gasteiger partial charge in [-0.2, -0.15) is 0 Å². The van der Waals surface area contributed by atoms with E-state index in [2.05, 4.69) is 64.1 Å². The van der Waals surface area contributed by atoms with Gasteiger partial charge in [0.2, 0.25) is 11.8 Å². The van der Waals surface area contributed by atoms with Crippen LogP contribution in [0, 0.1) is 10.8 Å². The van der Waals surface area contributed by atoms with Gasteiger partial charge in [-0.3, -0.25) is 9.59 Å². The zero-order valence-electron chi connectivity index (χ0n) is 33.8. The molecule has 1 aliphatic heterocycles. The Kier molecular flexibility index (Phi) is 13.6. The number of aromatic nitrogens is 2. The van der Waals surface area contributed by atoms with E-state index >= 15 is 0 Å². The number of carbonyl (C=O) groups excluding carboxylic acids is 4. The third kappa shape index (κ3) is 10.1. The molecule has 1 saturated heterocycles. The quantitative estimate of drug-likeness (QED) is 0.145. The largest absolute Gasteiger partial charge is 0.453 e. The lowest BCUT2D eigenvalue weighted by Gasteiger charge is -2.34. The summed E-state index contributed by atoms with van der Waals surface area (Å²) in [6.07, 6.45) is 4.92. The number of ether oxygens (including phenoxy) is 2. The number of nitrogens with zero attached hydrogens (tertiary/aromatic N) is 4. The smallest absolute Gasteiger partial charge is 0.407 e. The number of benzene rings is 2. The van der Waals surface area contributed by atoms with Gasteiger partial charge in [-0.05, 0) is 52.3 Å². The Balaban J connectivity index is 1.25. The van der Waals surface area contributed by atoms with Crippen LogP contribution >= 0.6 is 22.7 Å². The van der Waals surface area contributed by atoms with Gasteiger partial charge in [-0.25, -0.2) is 19.6 Å². The second kappa shape index (κ2) is 18.0. The second-order valence-corrected chi connectivity index (χ2v) is 18.3. The first-order valence-electron chi connectivity index (χ1n) is 18.9. The van der Waals surface area contributed by atoms with Crippen LogP contribution in [-0.2, 0) is 25.6 Å². The molecule has 4 amide bonds. The summed E-state index contributed by atoms with van der Waals surface area (Å²) in [7, 11) is 2.59. The zero-order chi connectivity index (χ0) is 40.8. The van der Waals surface area contributed by atoms with Gasteiger partial charge in [0.25, 0.3) is 0 Å². The maximum Gasteiger partial charge on any atom is 0.407 e. The Morgan fingerprint density at radius 1 is 0.786 bits per heavy atom. The Hall–Kier alpha value is -4.82. The van der Waals surface area contributed by atoms with E-state index in [0.717, 1.165) is 61.3 Å². The molecule has 300 valence electrons. The lowest BCUT2D eigenvalue weighted by molar-refractivity contribution is -0.137. The third-order valence-corrected chi connectivity index (χ3v) is 12.0. The Bertz CT molecular complexity index is 1980. The molecule has 0 aliphatic carbocycles. The highest BCUT2D eigenvalue weighted by Gasteiger charge is 2.41. The number of thiazole rings is 2. The lowest BCUT2D eigenvalue weighted by Crippen LogP contribution is -2.54. The molecular formula is C42H54N6O6S2. The summed E-state index contributed by atoms with van der Waals surface area (Å²) in [5.41, 5.74) is 3.23. The summed E-state index contributed by atoms with van der Waals surface area (Å²) in [5, 5.41) is 7.17. The van der Waals surface area contributed by atoms with Gasteiger partial charge < -0.3 is 29.9 Å². The predicted molar refractivity (Wildman–Crippen MR) is 221 cm³/mol. The van der Waals surface area contributed by atoms with Crippen LogP contribution in [0.15, 0.2) is 60.9 Å². The van der Waals surface area contributed by atoms with E-state index in [4.69, 9.17) is 14.5 Å². The van der Waals surface area contributed by atoms with Crippen LogP contribution in [-0.4, -0.2) is 83.2 Å². The molecule has 2 N–H and O–H groups in total. The predicted octanol–water partition coefficient (Wildman–Crippen LogP) is 8.54. The summed E-state index contributed by atoms with van der Waals surface area (Å²) in [4.78, 5) is 66.6. The maximum atomic E-state index is 13.7. The highest BCUT2D eigenvalue weighted by atomic mass is 32.1. The summed E-state index contributed by atoms with van der Waals surface area (Å²) in [5.74, 6) is -0.291. The van der Waals surface area contributed by atoms with E-state index in [0.29, 0.717) is 19.6 Å². The van der Waals surface area contributed by atoms with E-state index in [1.54, 1.807) is 27.6 Å². The van der Waals surface area contributed by atoms with Crippen molar-refractivity contribution in [1.29, 1.82) is 0 Å². The van der Waals surface area contributed by atoms with Crippen LogP contribution in [0.3, 0.4) is 0 Å². The van der Waals surface area contributed by atoms with Crippen molar-refractivity contribution in [1.82, 2.24) is 30.4 Å². The fraction of sp³-hybridized carbons (Fsp3) is 0.476. The average Bonchev–Trinajstić information content (AvgIpc) is 3.96. The number of hydrogen-bond donors (Lipinski definition) is 2. The van der Waals surface area contributed by atoms with Crippen molar-refractivity contribution < 1.29 is 28.7 Å². The van der Waals surface area contributed by atoms with E-state index in [1.807, 2.05) is 65.8 Å². The Labute approximate surface area is 338 Å². The zero-order valence-corrected chi connectivity index (χ0v) is 35.4. The molecule has 14 heteroatoms. The highest BCUT2D eigenvalue weighted by molar-refractivity contribution is 7.15. The maximum absolute atomic E-state index is 13.7. The number of carbonyl (C=O) groups is 4. The monoisotopic (exact) mass is 802 g/mol. The standard InChI is InChI=1S/C42H54N6O6S2/c1-10-21-47(37(49)34(41(2,3)4)45-39(51)53-8)25-33-43-23-31(55-33)28-17-13-26(14-18-28)27-15-19-29(20-16-27)32-24-44-36(56-32)30-12-11-22-48(30)38(50)35(42(5,6)7)46-40(52)54-9/h13-20,23-24,30,34-35H,10-12,21-22,25H2,1-9H3,(H,45,51)(H,46,52). The summed E-state index contributed by atoms with van der Waals surface area (Å²) < 4.78 is 9.60. The Morgan fingerprint density at radius 3 is 1.80 bits per heavy atom. The number of hydrogen-bond acceptors (Lipinski definition) is 10. The molecule has 3 unspecified atom stereocenters. The normalized spacial score (nSPS) is 15.5. The number of nitrogens with one attached hydrogen (secondary N) is 2. The number of methoxy groups -OCH3 is 2. The van der Waals surface area contributed by atoms with Crippen LogP contribution in [0.2, 0.25) is 0 Å². The molecular weight excluding hydrogens is 749 g/mol. The van der Waals surface area contributed by atoms with Gasteiger partial charge in [0.1, 0.15) is 22.1 Å². The molecule has 56 heavy (non-hydrogen) atoms. The van der Waals surface area contributed by atoms with Crippen molar-refractivity contribution >= 4 is 46.7 Å². The summed E-state index contributed by atoms with van der Waals surface area (Å²) in [6, 6.07) is 15.1. The van der Waals surface area contributed by atoms with Gasteiger partial charge in [0, 0.05) is 25.5 Å². The van der Waals surface area contributed by atoms with Crippen LogP contribution in [0.4, 0.5) is 9.59 Å². The molecule has 0 spiro atoms. The first-order chi connectivity index (χ1) is 26.5. The number of amides is 4. The minimum Gasteiger partial charge on any atom is -0.453 e. The first kappa shape index (κ1) is 42.3. The third-order valence-electron chi connectivity index (χ3n) is 9.82. The highest BCUT2D eigenvalue weighted by Crippen LogP contribution is 2.39. The van der Waals surface area contributed by atoms with Gasteiger partial charge in [0.15, 0.2) is 0 Å². The average molecular weight is 803 g/mol. The van der Waals surface area contributed by atoms with Gasteiger partial charge >= 0.3 is 12.2 Å². The lowest BCUT2D eigenvalue weighted by atomic mass is 9.85. The molecule has 12 nitrogen and oxygen atoms in total. The van der Waals surface area contributed by atoms with Gasteiger partial charge in [-0.15, -0.1) is 22.7 Å². The van der Waals surface area contributed by atoms with Gasteiger partial charge in [-0.1, -0.05) is 97.0 Å². The molecule has 4 aromatic rings. The van der Waals surface area contributed by atoms with Crippen LogP contribution in [0.25, 0.3) is 32.0 Å². The van der Waals surface area contributed by atoms with E-state index < -0.39 is 35.1 Å². The molecule has 3 heterocycles. The molecule has 0 radical (unpaired) electrons. The van der Waals surface area contributed by atoms with Crippen molar-refractivity contribution in [3.8, 4) is 32.0 Å².